The zero-order valence-electron chi connectivity index (χ0n) is 9.13. The van der Waals surface area contributed by atoms with E-state index in [4.69, 9.17) is 22.1 Å². The molecular weight excluding hydrogens is 228 g/mol. The number of ether oxygens (including phenoxy) is 1. The number of hydrogen-bond donors (Lipinski definition) is 2. The van der Waals surface area contributed by atoms with Crippen molar-refractivity contribution in [2.75, 3.05) is 13.7 Å². The first-order valence-electron chi connectivity index (χ1n) is 4.95. The topological polar surface area (TPSA) is 64.3 Å². The van der Waals surface area contributed by atoms with E-state index in [0.717, 1.165) is 11.3 Å². The number of nitrogens with one attached hydrogen (secondary N) is 1. The van der Waals surface area contributed by atoms with E-state index in [0.29, 0.717) is 24.5 Å². The molecule has 0 heterocycles. The van der Waals surface area contributed by atoms with Crippen molar-refractivity contribution < 1.29 is 9.53 Å². The van der Waals surface area contributed by atoms with Crippen molar-refractivity contribution in [1.82, 2.24) is 5.32 Å². The monoisotopic (exact) mass is 242 g/mol. The van der Waals surface area contributed by atoms with E-state index in [-0.39, 0.29) is 5.91 Å². The van der Waals surface area contributed by atoms with Gasteiger partial charge >= 0.3 is 0 Å². The van der Waals surface area contributed by atoms with Gasteiger partial charge < -0.3 is 15.8 Å². The summed E-state index contributed by atoms with van der Waals surface area (Å²) in [6.07, 6.45) is 0.312. The van der Waals surface area contributed by atoms with Gasteiger partial charge in [0, 0.05) is 30.1 Å². The molecule has 0 fully saturated rings. The molecule has 4 nitrogen and oxygen atoms in total. The van der Waals surface area contributed by atoms with Crippen LogP contribution in [0.25, 0.3) is 0 Å². The lowest BCUT2D eigenvalue weighted by molar-refractivity contribution is -0.117. The Morgan fingerprint density at radius 1 is 1.56 bits per heavy atom. The lowest BCUT2D eigenvalue weighted by Crippen LogP contribution is -2.21. The molecule has 88 valence electrons. The first-order valence-corrected chi connectivity index (χ1v) is 5.33. The quantitative estimate of drug-likeness (QED) is 0.740. The van der Waals surface area contributed by atoms with Gasteiger partial charge in [0.15, 0.2) is 0 Å². The van der Waals surface area contributed by atoms with Crippen molar-refractivity contribution in [3.63, 3.8) is 0 Å². The largest absolute Gasteiger partial charge is 0.496 e. The summed E-state index contributed by atoms with van der Waals surface area (Å²) in [7, 11) is 1.60. The van der Waals surface area contributed by atoms with Crippen molar-refractivity contribution in [3.05, 3.63) is 28.8 Å². The highest BCUT2D eigenvalue weighted by Crippen LogP contribution is 2.25. The van der Waals surface area contributed by atoms with Crippen LogP contribution in [0.3, 0.4) is 0 Å². The second-order valence-corrected chi connectivity index (χ2v) is 3.72. The van der Waals surface area contributed by atoms with Crippen molar-refractivity contribution in [2.45, 2.75) is 13.0 Å². The molecule has 3 N–H and O–H groups in total. The predicted molar refractivity (Wildman–Crippen MR) is 63.5 cm³/mol. The maximum atomic E-state index is 10.5. The Bertz CT molecular complexity index is 369. The van der Waals surface area contributed by atoms with Gasteiger partial charge in [-0.1, -0.05) is 17.7 Å². The van der Waals surface area contributed by atoms with Crippen molar-refractivity contribution >= 4 is 17.5 Å². The second kappa shape index (κ2) is 6.35. The molecule has 0 spiro atoms. The Kier molecular flexibility index (Phi) is 5.08. The number of halogens is 1. The summed E-state index contributed by atoms with van der Waals surface area (Å²) in [4.78, 5) is 10.5. The molecular formula is C11H15ClN2O2. The maximum absolute atomic E-state index is 10.5. The van der Waals surface area contributed by atoms with Gasteiger partial charge in [0.25, 0.3) is 0 Å². The molecule has 1 aromatic carbocycles. The molecule has 0 saturated carbocycles. The summed E-state index contributed by atoms with van der Waals surface area (Å²) in [5.41, 5.74) is 5.91. The minimum atomic E-state index is -0.321. The summed E-state index contributed by atoms with van der Waals surface area (Å²) < 4.78 is 5.19. The van der Waals surface area contributed by atoms with Gasteiger partial charge in [-0.25, -0.2) is 0 Å². The van der Waals surface area contributed by atoms with Crippen molar-refractivity contribution in [1.29, 1.82) is 0 Å². The Labute approximate surface area is 99.7 Å². The zero-order chi connectivity index (χ0) is 12.0. The van der Waals surface area contributed by atoms with Crippen LogP contribution in [-0.4, -0.2) is 19.6 Å². The number of hydrogen-bond acceptors (Lipinski definition) is 3. The molecule has 0 saturated heterocycles. The molecule has 16 heavy (non-hydrogen) atoms. The lowest BCUT2D eigenvalue weighted by atomic mass is 10.2. The summed E-state index contributed by atoms with van der Waals surface area (Å²) in [5.74, 6) is 0.415. The molecule has 0 unspecified atom stereocenters. The molecule has 1 amide bonds. The highest BCUT2D eigenvalue weighted by Gasteiger charge is 2.06. The molecule has 0 aliphatic carbocycles. The van der Waals surface area contributed by atoms with E-state index in [1.165, 1.54) is 0 Å². The zero-order valence-corrected chi connectivity index (χ0v) is 9.88. The van der Waals surface area contributed by atoms with E-state index in [9.17, 15) is 4.79 Å². The van der Waals surface area contributed by atoms with Gasteiger partial charge in [0.1, 0.15) is 5.75 Å². The smallest absolute Gasteiger partial charge is 0.218 e. The number of carbonyl (C=O) groups is 1. The fraction of sp³-hybridized carbons (Fsp3) is 0.364. The van der Waals surface area contributed by atoms with Gasteiger partial charge in [-0.2, -0.15) is 0 Å². The third-order valence-electron chi connectivity index (χ3n) is 2.15. The number of methoxy groups -OCH3 is 1. The third kappa shape index (κ3) is 3.72. The van der Waals surface area contributed by atoms with E-state index < -0.39 is 0 Å². The third-order valence-corrected chi connectivity index (χ3v) is 2.50. The summed E-state index contributed by atoms with van der Waals surface area (Å²) in [6.45, 7) is 1.08. The summed E-state index contributed by atoms with van der Waals surface area (Å²) in [6, 6.07) is 5.47. The highest BCUT2D eigenvalue weighted by atomic mass is 35.5. The van der Waals surface area contributed by atoms with E-state index in [2.05, 4.69) is 5.32 Å². The molecule has 5 heteroatoms. The standard InChI is InChI=1S/C11H15ClN2O2/c1-16-10-4-2-3-9(12)8(10)7-14-6-5-11(13)15/h2-4,14H,5-7H2,1H3,(H2,13,15). The van der Waals surface area contributed by atoms with Crippen LogP contribution < -0.4 is 15.8 Å². The first-order chi connectivity index (χ1) is 7.65. The van der Waals surface area contributed by atoms with E-state index in [1.807, 2.05) is 12.1 Å². The lowest BCUT2D eigenvalue weighted by Gasteiger charge is -2.10. The number of amides is 1. The van der Waals surface area contributed by atoms with Crippen LogP contribution in [0.1, 0.15) is 12.0 Å². The molecule has 0 bridgehead atoms. The van der Waals surface area contributed by atoms with Crippen LogP contribution in [0, 0.1) is 0 Å². The van der Waals surface area contributed by atoms with Gasteiger partial charge in [0.2, 0.25) is 5.91 Å². The Balaban J connectivity index is 2.55. The van der Waals surface area contributed by atoms with Crippen LogP contribution in [-0.2, 0) is 11.3 Å². The Morgan fingerprint density at radius 3 is 2.94 bits per heavy atom. The second-order valence-electron chi connectivity index (χ2n) is 3.31. The van der Waals surface area contributed by atoms with Gasteiger partial charge in [0.05, 0.1) is 7.11 Å². The number of nitrogens with two attached hydrogens (primary N) is 1. The van der Waals surface area contributed by atoms with E-state index >= 15 is 0 Å². The highest BCUT2D eigenvalue weighted by molar-refractivity contribution is 6.31. The van der Waals surface area contributed by atoms with Gasteiger partial charge in [-0.3, -0.25) is 4.79 Å². The number of primary amides is 1. The number of rotatable bonds is 6. The SMILES string of the molecule is COc1cccc(Cl)c1CNCCC(N)=O. The van der Waals surface area contributed by atoms with Crippen molar-refractivity contribution in [3.8, 4) is 5.75 Å². The number of benzene rings is 1. The van der Waals surface area contributed by atoms with Crippen molar-refractivity contribution in [2.24, 2.45) is 5.73 Å². The molecule has 0 atom stereocenters. The molecule has 0 aliphatic rings. The average Bonchev–Trinajstić information content (AvgIpc) is 2.25. The van der Waals surface area contributed by atoms with Crippen LogP contribution in [0.15, 0.2) is 18.2 Å². The predicted octanol–water partition coefficient (Wildman–Crippen LogP) is 1.31. The molecule has 1 aromatic rings. The van der Waals surface area contributed by atoms with E-state index in [1.54, 1.807) is 13.2 Å². The summed E-state index contributed by atoms with van der Waals surface area (Å²) >= 11 is 6.04. The normalized spacial score (nSPS) is 10.1. The summed E-state index contributed by atoms with van der Waals surface area (Å²) in [5, 5.41) is 3.73. The van der Waals surface area contributed by atoms with Crippen LogP contribution in [0.5, 0.6) is 5.75 Å². The number of carbonyl (C=O) groups excluding carboxylic acids is 1. The minimum absolute atomic E-state index is 0.312. The van der Waals surface area contributed by atoms with Gasteiger partial charge in [-0.05, 0) is 12.1 Å². The Morgan fingerprint density at radius 2 is 2.31 bits per heavy atom. The first kappa shape index (κ1) is 12.8. The average molecular weight is 243 g/mol. The fourth-order valence-electron chi connectivity index (χ4n) is 1.33. The molecule has 0 radical (unpaired) electrons. The fourth-order valence-corrected chi connectivity index (χ4v) is 1.56. The van der Waals surface area contributed by atoms with Crippen LogP contribution >= 0.6 is 11.6 Å². The minimum Gasteiger partial charge on any atom is -0.496 e. The molecule has 0 aliphatic heterocycles. The van der Waals surface area contributed by atoms with Crippen LogP contribution in [0.4, 0.5) is 0 Å². The molecule has 1 rings (SSSR count). The van der Waals surface area contributed by atoms with Crippen LogP contribution in [0.2, 0.25) is 5.02 Å². The Hall–Kier alpha value is -1.26. The maximum Gasteiger partial charge on any atom is 0.218 e. The van der Waals surface area contributed by atoms with Gasteiger partial charge in [-0.15, -0.1) is 0 Å². The molecule has 0 aromatic heterocycles.